The van der Waals surface area contributed by atoms with Crippen molar-refractivity contribution in [3.63, 3.8) is 0 Å². The zero-order chi connectivity index (χ0) is 47.8. The zero-order valence-electron chi connectivity index (χ0n) is 42.9. The van der Waals surface area contributed by atoms with Crippen molar-refractivity contribution in [2.24, 2.45) is 21.7 Å². The van der Waals surface area contributed by atoms with Crippen LogP contribution in [-0.4, -0.2) is 64.3 Å². The number of morpholine rings is 1. The Kier molecular flexibility index (Phi) is 28.0. The molecule has 2 aromatic rings. The molecule has 2 heterocycles. The first-order chi connectivity index (χ1) is 27.7. The minimum absolute atomic E-state index is 0.0777. The SMILES string of the molecule is C=CCn1c(=O)n(CC=C)c(=O)n(CCCC(C)(C)C)c1=O.CC(C)(C)C.CC(C)(C)C.CC(C)(C)CCCN1CCOCC1.CCOC(C)Oc1ccc(C(C)(C)C)cc1. The molecule has 10 nitrogen and oxygen atoms in total. The molecule has 354 valence electrons. The molecule has 0 saturated carbocycles. The lowest BCUT2D eigenvalue weighted by Gasteiger charge is -2.27. The summed E-state index contributed by atoms with van der Waals surface area (Å²) in [6.45, 7) is 54.8. The van der Waals surface area contributed by atoms with E-state index < -0.39 is 17.1 Å². The highest BCUT2D eigenvalue weighted by molar-refractivity contribution is 5.31. The molecule has 1 aromatic heterocycles. The summed E-state index contributed by atoms with van der Waals surface area (Å²) >= 11 is 0. The number of aromatic nitrogens is 3. The van der Waals surface area contributed by atoms with Crippen molar-refractivity contribution in [2.45, 2.75) is 189 Å². The summed E-state index contributed by atoms with van der Waals surface area (Å²) in [5.41, 5.74) is 1.33. The van der Waals surface area contributed by atoms with Gasteiger partial charge < -0.3 is 14.2 Å². The van der Waals surface area contributed by atoms with Crippen molar-refractivity contribution >= 4 is 0 Å². The van der Waals surface area contributed by atoms with Gasteiger partial charge >= 0.3 is 17.1 Å². The average molecular weight is 859 g/mol. The number of benzene rings is 1. The van der Waals surface area contributed by atoms with Gasteiger partial charge in [0.1, 0.15) is 5.75 Å². The maximum Gasteiger partial charge on any atom is 0.336 e. The van der Waals surface area contributed by atoms with Crippen LogP contribution in [0.4, 0.5) is 0 Å². The minimum Gasteiger partial charge on any atom is -0.465 e. The zero-order valence-corrected chi connectivity index (χ0v) is 42.9. The highest BCUT2D eigenvalue weighted by Crippen LogP contribution is 2.25. The van der Waals surface area contributed by atoms with Crippen LogP contribution < -0.4 is 21.8 Å². The molecular weight excluding hydrogens is 765 g/mol. The Balaban J connectivity index is 0. The number of nitrogens with zero attached hydrogens (tertiary/aromatic N) is 4. The van der Waals surface area contributed by atoms with E-state index in [9.17, 15) is 14.4 Å². The lowest BCUT2D eigenvalue weighted by atomic mass is 9.87. The molecule has 0 radical (unpaired) electrons. The van der Waals surface area contributed by atoms with Gasteiger partial charge in [-0.3, -0.25) is 4.90 Å². The van der Waals surface area contributed by atoms with Gasteiger partial charge in [-0.25, -0.2) is 28.1 Å². The van der Waals surface area contributed by atoms with Gasteiger partial charge in [0.15, 0.2) is 6.29 Å². The largest absolute Gasteiger partial charge is 0.465 e. The van der Waals surface area contributed by atoms with Crippen LogP contribution >= 0.6 is 0 Å². The van der Waals surface area contributed by atoms with Gasteiger partial charge in [-0.2, -0.15) is 0 Å². The molecule has 1 unspecified atom stereocenters. The van der Waals surface area contributed by atoms with E-state index in [0.29, 0.717) is 35.8 Å². The van der Waals surface area contributed by atoms with Gasteiger partial charge in [-0.1, -0.05) is 142 Å². The summed E-state index contributed by atoms with van der Waals surface area (Å²) in [6.07, 6.45) is 6.95. The quantitative estimate of drug-likeness (QED) is 0.138. The van der Waals surface area contributed by atoms with E-state index in [1.165, 1.54) is 37.1 Å². The Labute approximate surface area is 373 Å². The summed E-state index contributed by atoms with van der Waals surface area (Å²) < 4.78 is 19.4. The smallest absolute Gasteiger partial charge is 0.336 e. The number of rotatable bonds is 14. The van der Waals surface area contributed by atoms with Gasteiger partial charge in [0.05, 0.1) is 26.3 Å². The molecule has 1 fully saturated rings. The Morgan fingerprint density at radius 1 is 0.639 bits per heavy atom. The molecular formula is C51H94N4O6. The number of ether oxygens (including phenoxy) is 3. The topological polar surface area (TPSA) is 96.9 Å². The molecule has 1 saturated heterocycles. The van der Waals surface area contributed by atoms with E-state index in [4.69, 9.17) is 14.2 Å². The fourth-order valence-corrected chi connectivity index (χ4v) is 5.36. The van der Waals surface area contributed by atoms with E-state index in [2.05, 4.69) is 148 Å². The number of allylic oxidation sites excluding steroid dienone is 2. The molecule has 0 aliphatic carbocycles. The Hall–Kier alpha value is -3.21. The first-order valence-electron chi connectivity index (χ1n) is 22.6. The van der Waals surface area contributed by atoms with Gasteiger partial charge in [0.25, 0.3) is 0 Å². The van der Waals surface area contributed by atoms with E-state index in [0.717, 1.165) is 52.2 Å². The standard InChI is InChI=1S/C16H25N3O3.C14H22O2.C11H23NO.2C5H12/c1-6-10-17-13(20)18(11-7-2)15(22)19(14(17)21)12-8-9-16(3,4)5;1-6-15-11(2)16-13-9-7-12(8-10-13)14(3,4)5;1-11(2,3)5-4-6-12-7-9-13-10-8-12;2*1-5(2,3)4/h6-7H,1-2,8-12H2,3-5H3;7-11H,6H2,1-5H3;4-10H2,1-3H3;2*1-4H3. The van der Waals surface area contributed by atoms with Crippen molar-refractivity contribution in [1.82, 2.24) is 18.6 Å². The molecule has 1 aliphatic heterocycles. The van der Waals surface area contributed by atoms with Gasteiger partial charge in [-0.15, -0.1) is 13.2 Å². The van der Waals surface area contributed by atoms with E-state index in [-0.39, 0.29) is 30.2 Å². The molecule has 0 amide bonds. The lowest BCUT2D eigenvalue weighted by Crippen LogP contribution is -2.54. The Bertz CT molecular complexity index is 1590. The van der Waals surface area contributed by atoms with Crippen LogP contribution in [0.3, 0.4) is 0 Å². The Morgan fingerprint density at radius 2 is 1.02 bits per heavy atom. The molecule has 0 N–H and O–H groups in total. The maximum absolute atomic E-state index is 12.4. The highest BCUT2D eigenvalue weighted by Gasteiger charge is 2.17. The Morgan fingerprint density at radius 3 is 1.36 bits per heavy atom. The highest BCUT2D eigenvalue weighted by atomic mass is 16.7. The third-order valence-corrected chi connectivity index (χ3v) is 8.25. The van der Waals surface area contributed by atoms with Gasteiger partial charge in [-0.05, 0) is 90.8 Å². The number of hydrogen-bond donors (Lipinski definition) is 0. The predicted molar refractivity (Wildman–Crippen MR) is 261 cm³/mol. The maximum atomic E-state index is 12.4. The second-order valence-electron chi connectivity index (χ2n) is 22.5. The van der Waals surface area contributed by atoms with Crippen molar-refractivity contribution in [2.75, 3.05) is 39.5 Å². The summed E-state index contributed by atoms with van der Waals surface area (Å²) in [5.74, 6) is 0.856. The average Bonchev–Trinajstić information content (AvgIpc) is 3.09. The molecule has 1 aromatic carbocycles. The van der Waals surface area contributed by atoms with Crippen LogP contribution in [0.2, 0.25) is 0 Å². The summed E-state index contributed by atoms with van der Waals surface area (Å²) in [5, 5.41) is 0. The summed E-state index contributed by atoms with van der Waals surface area (Å²) in [7, 11) is 0. The molecule has 1 atom stereocenters. The van der Waals surface area contributed by atoms with Crippen molar-refractivity contribution < 1.29 is 14.2 Å². The molecule has 61 heavy (non-hydrogen) atoms. The second kappa shape index (κ2) is 28.5. The van der Waals surface area contributed by atoms with Crippen molar-refractivity contribution in [3.8, 4) is 5.75 Å². The molecule has 1 aliphatic rings. The third kappa shape index (κ3) is 33.1. The summed E-state index contributed by atoms with van der Waals surface area (Å²) in [4.78, 5) is 39.4. The van der Waals surface area contributed by atoms with Crippen LogP contribution in [-0.2, 0) is 34.5 Å². The lowest BCUT2D eigenvalue weighted by molar-refractivity contribution is -0.0613. The van der Waals surface area contributed by atoms with Crippen LogP contribution in [0.15, 0.2) is 64.0 Å². The molecule has 10 heteroatoms. The van der Waals surface area contributed by atoms with Crippen LogP contribution in [0.1, 0.15) is 163 Å². The molecule has 0 spiro atoms. The van der Waals surface area contributed by atoms with E-state index in [1.54, 1.807) is 0 Å². The number of hydrogen-bond acceptors (Lipinski definition) is 7. The van der Waals surface area contributed by atoms with E-state index >= 15 is 0 Å². The normalized spacial score (nSPS) is 14.0. The minimum atomic E-state index is -0.623. The van der Waals surface area contributed by atoms with Gasteiger partial charge in [0.2, 0.25) is 0 Å². The van der Waals surface area contributed by atoms with Crippen molar-refractivity contribution in [3.05, 3.63) is 86.6 Å². The van der Waals surface area contributed by atoms with Crippen LogP contribution in [0.25, 0.3) is 0 Å². The van der Waals surface area contributed by atoms with Gasteiger partial charge in [0, 0.05) is 26.2 Å². The fourth-order valence-electron chi connectivity index (χ4n) is 5.36. The second-order valence-corrected chi connectivity index (χ2v) is 22.5. The fraction of sp³-hybridized carbons (Fsp3) is 0.745. The van der Waals surface area contributed by atoms with Crippen LogP contribution in [0.5, 0.6) is 5.75 Å². The predicted octanol–water partition coefficient (Wildman–Crippen LogP) is 11.4. The molecule has 3 rings (SSSR count). The summed E-state index contributed by atoms with van der Waals surface area (Å²) in [6, 6.07) is 8.20. The van der Waals surface area contributed by atoms with Crippen molar-refractivity contribution in [1.29, 1.82) is 0 Å². The van der Waals surface area contributed by atoms with E-state index in [1.807, 2.05) is 26.0 Å². The van der Waals surface area contributed by atoms with Crippen LogP contribution in [0, 0.1) is 21.7 Å². The first-order valence-corrected chi connectivity index (χ1v) is 22.6. The monoisotopic (exact) mass is 859 g/mol. The third-order valence-electron chi connectivity index (χ3n) is 8.25. The molecule has 0 bridgehead atoms. The first kappa shape index (κ1) is 59.9.